The predicted octanol–water partition coefficient (Wildman–Crippen LogP) is 1.88. The first-order valence-electron chi connectivity index (χ1n) is 10.3. The normalized spacial score (nSPS) is 25.5. The summed E-state index contributed by atoms with van der Waals surface area (Å²) in [6.07, 6.45) is 7.27. The molecule has 0 spiro atoms. The van der Waals surface area contributed by atoms with Crippen LogP contribution in [0.25, 0.3) is 5.57 Å². The molecule has 3 aliphatic rings. The minimum absolute atomic E-state index is 0.0497. The number of carbonyl (C=O) groups is 2. The Morgan fingerprint density at radius 1 is 1.33 bits per heavy atom. The van der Waals surface area contributed by atoms with Crippen LogP contribution in [0, 0.1) is 5.41 Å². The Morgan fingerprint density at radius 2 is 2.00 bits per heavy atom. The highest BCUT2D eigenvalue weighted by atomic mass is 16.5. The summed E-state index contributed by atoms with van der Waals surface area (Å²) >= 11 is 0. The van der Waals surface area contributed by atoms with Crippen molar-refractivity contribution in [1.82, 2.24) is 10.2 Å². The molecular weight excluding hydrogens is 384 g/mol. The van der Waals surface area contributed by atoms with Gasteiger partial charge in [0.15, 0.2) is 0 Å². The summed E-state index contributed by atoms with van der Waals surface area (Å²) in [5.74, 6) is -0.325. The topological polar surface area (TPSA) is 129 Å². The third-order valence-electron chi connectivity index (χ3n) is 6.32. The van der Waals surface area contributed by atoms with Gasteiger partial charge in [-0.3, -0.25) is 15.0 Å². The number of hydrogen-bond donors (Lipinski definition) is 4. The largest absolute Gasteiger partial charge is 0.483 e. The van der Waals surface area contributed by atoms with Crippen LogP contribution in [0.4, 0.5) is 5.69 Å². The van der Waals surface area contributed by atoms with E-state index in [1.54, 1.807) is 6.07 Å². The number of piperidine rings is 1. The second kappa shape index (κ2) is 9.86. The summed E-state index contributed by atoms with van der Waals surface area (Å²) < 4.78 is 5.35. The maximum Gasteiger partial charge on any atom is 0.290 e. The standard InChI is InChI=1S/C21H28N4O2.CH2O2/c1-25-16-3-4-17(25)12-15(11-16)24-21(26)20(23)18-5-2-14(10-19(18)22)13-6-8-27-9-7-13;2-1-3/h2,5-6,10,15-17,23H,3-4,7-9,11-12,22H2,1H3,(H,24,26);1H,(H,2,3). The van der Waals surface area contributed by atoms with Crippen molar-refractivity contribution in [3.05, 3.63) is 35.4 Å². The highest BCUT2D eigenvalue weighted by Gasteiger charge is 2.39. The van der Waals surface area contributed by atoms with E-state index < -0.39 is 0 Å². The Morgan fingerprint density at radius 3 is 2.57 bits per heavy atom. The van der Waals surface area contributed by atoms with Crippen LogP contribution in [0.15, 0.2) is 24.3 Å². The number of rotatable bonds is 4. The number of amides is 1. The summed E-state index contributed by atoms with van der Waals surface area (Å²) in [6.45, 7) is 1.08. The molecule has 4 rings (SSSR count). The maximum atomic E-state index is 12.6. The van der Waals surface area contributed by atoms with Crippen LogP contribution in [0.3, 0.4) is 0 Å². The molecule has 1 aromatic carbocycles. The molecule has 0 radical (unpaired) electrons. The fraction of sp³-hybridized carbons (Fsp3) is 0.500. The zero-order chi connectivity index (χ0) is 21.7. The molecule has 5 N–H and O–H groups in total. The molecule has 2 fully saturated rings. The third kappa shape index (κ3) is 4.88. The second-order valence-electron chi connectivity index (χ2n) is 8.03. The molecular formula is C22H30N4O4. The SMILES string of the molecule is CN1C2CCC1CC(NC(=O)C(=N)c1ccc(C3=CCOCC3)cc1N)C2.O=CO. The van der Waals surface area contributed by atoms with Crippen molar-refractivity contribution in [2.45, 2.75) is 50.2 Å². The third-order valence-corrected chi connectivity index (χ3v) is 6.32. The van der Waals surface area contributed by atoms with Crippen LogP contribution in [-0.2, 0) is 14.3 Å². The van der Waals surface area contributed by atoms with Crippen LogP contribution in [0.2, 0.25) is 0 Å². The van der Waals surface area contributed by atoms with Crippen molar-refractivity contribution in [3.63, 3.8) is 0 Å². The van der Waals surface area contributed by atoms with Crippen molar-refractivity contribution in [2.75, 3.05) is 26.0 Å². The average Bonchev–Trinajstić information content (AvgIpc) is 2.95. The number of anilines is 1. The number of ether oxygens (including phenoxy) is 1. The van der Waals surface area contributed by atoms with E-state index in [9.17, 15) is 4.79 Å². The lowest BCUT2D eigenvalue weighted by Crippen LogP contribution is -2.50. The molecule has 1 amide bonds. The van der Waals surface area contributed by atoms with E-state index in [1.807, 2.05) is 12.1 Å². The van der Waals surface area contributed by atoms with Gasteiger partial charge in [-0.1, -0.05) is 12.1 Å². The number of hydrogen-bond acceptors (Lipinski definition) is 6. The summed E-state index contributed by atoms with van der Waals surface area (Å²) in [4.78, 5) is 23.4. The van der Waals surface area contributed by atoms with Gasteiger partial charge in [0.25, 0.3) is 12.4 Å². The number of nitrogens with one attached hydrogen (secondary N) is 2. The van der Waals surface area contributed by atoms with E-state index in [0.29, 0.717) is 36.5 Å². The van der Waals surface area contributed by atoms with Crippen molar-refractivity contribution in [3.8, 4) is 0 Å². The smallest absolute Gasteiger partial charge is 0.290 e. The van der Waals surface area contributed by atoms with Crippen LogP contribution in [0.5, 0.6) is 0 Å². The lowest BCUT2D eigenvalue weighted by molar-refractivity contribution is -0.123. The van der Waals surface area contributed by atoms with Gasteiger partial charge in [-0.25, -0.2) is 0 Å². The molecule has 162 valence electrons. The number of carbonyl (C=O) groups excluding carboxylic acids is 1. The monoisotopic (exact) mass is 414 g/mol. The first-order chi connectivity index (χ1) is 14.4. The minimum atomic E-state index is -0.325. The Kier molecular flexibility index (Phi) is 7.23. The Balaban J connectivity index is 0.000000806. The number of nitrogens with zero attached hydrogens (tertiary/aromatic N) is 1. The molecule has 3 heterocycles. The van der Waals surface area contributed by atoms with Gasteiger partial charge in [0.2, 0.25) is 0 Å². The Bertz CT molecular complexity index is 824. The van der Waals surface area contributed by atoms with E-state index in [0.717, 1.165) is 24.8 Å². The fourth-order valence-electron chi connectivity index (χ4n) is 4.69. The molecule has 3 aliphatic heterocycles. The molecule has 2 atom stereocenters. The first-order valence-corrected chi connectivity index (χ1v) is 10.3. The zero-order valence-electron chi connectivity index (χ0n) is 17.3. The van der Waals surface area contributed by atoms with Crippen LogP contribution >= 0.6 is 0 Å². The molecule has 2 unspecified atom stereocenters. The van der Waals surface area contributed by atoms with E-state index in [1.165, 1.54) is 18.4 Å². The fourth-order valence-corrected chi connectivity index (χ4v) is 4.69. The zero-order valence-corrected chi connectivity index (χ0v) is 17.3. The van der Waals surface area contributed by atoms with Gasteiger partial charge in [0.05, 0.1) is 13.2 Å². The molecule has 0 aromatic heterocycles. The van der Waals surface area contributed by atoms with E-state index in [-0.39, 0.29) is 24.1 Å². The number of benzene rings is 1. The van der Waals surface area contributed by atoms with Gasteiger partial charge in [-0.05, 0) is 62.4 Å². The van der Waals surface area contributed by atoms with Gasteiger partial charge in [-0.15, -0.1) is 0 Å². The molecule has 0 aliphatic carbocycles. The van der Waals surface area contributed by atoms with Crippen LogP contribution in [-0.4, -0.2) is 66.5 Å². The van der Waals surface area contributed by atoms with Gasteiger partial charge >= 0.3 is 0 Å². The Hall–Kier alpha value is -2.71. The molecule has 8 nitrogen and oxygen atoms in total. The molecule has 2 bridgehead atoms. The molecule has 2 saturated heterocycles. The quantitative estimate of drug-likeness (QED) is 0.338. The summed E-state index contributed by atoms with van der Waals surface area (Å²) in [6, 6.07) is 6.87. The highest BCUT2D eigenvalue weighted by molar-refractivity contribution is 6.45. The number of nitrogens with two attached hydrogens (primary N) is 1. The van der Waals surface area contributed by atoms with E-state index >= 15 is 0 Å². The molecule has 1 aromatic rings. The number of carboxylic acid groups (broad SMARTS) is 1. The van der Waals surface area contributed by atoms with Gasteiger partial charge in [-0.2, -0.15) is 0 Å². The average molecular weight is 415 g/mol. The van der Waals surface area contributed by atoms with E-state index in [2.05, 4.69) is 23.3 Å². The van der Waals surface area contributed by atoms with Crippen molar-refractivity contribution in [2.24, 2.45) is 0 Å². The van der Waals surface area contributed by atoms with Crippen LogP contribution in [0.1, 0.15) is 43.2 Å². The van der Waals surface area contributed by atoms with Gasteiger partial charge < -0.3 is 25.8 Å². The van der Waals surface area contributed by atoms with Crippen molar-refractivity contribution >= 4 is 29.4 Å². The molecule has 0 saturated carbocycles. The highest BCUT2D eigenvalue weighted by Crippen LogP contribution is 2.34. The Labute approximate surface area is 176 Å². The van der Waals surface area contributed by atoms with Crippen LogP contribution < -0.4 is 11.1 Å². The summed E-state index contributed by atoms with van der Waals surface area (Å²) in [5, 5.41) is 18.3. The maximum absolute atomic E-state index is 12.6. The molecule has 30 heavy (non-hydrogen) atoms. The van der Waals surface area contributed by atoms with Crippen molar-refractivity contribution < 1.29 is 19.4 Å². The van der Waals surface area contributed by atoms with Crippen molar-refractivity contribution in [1.29, 1.82) is 5.41 Å². The predicted molar refractivity (Wildman–Crippen MR) is 116 cm³/mol. The minimum Gasteiger partial charge on any atom is -0.483 e. The molecule has 8 heteroatoms. The summed E-state index contributed by atoms with van der Waals surface area (Å²) in [7, 11) is 2.18. The number of fused-ring (bicyclic) bond motifs is 2. The first kappa shape index (κ1) is 22.0. The number of nitrogen functional groups attached to an aromatic ring is 1. The summed E-state index contributed by atoms with van der Waals surface area (Å²) in [5.41, 5.74) is 9.36. The van der Waals surface area contributed by atoms with Gasteiger partial charge in [0.1, 0.15) is 5.71 Å². The lowest BCUT2D eigenvalue weighted by Gasteiger charge is -2.36. The van der Waals surface area contributed by atoms with Gasteiger partial charge in [0, 0.05) is 29.4 Å². The lowest BCUT2D eigenvalue weighted by atomic mass is 9.96. The second-order valence-corrected chi connectivity index (χ2v) is 8.03. The van der Waals surface area contributed by atoms with E-state index in [4.69, 9.17) is 25.8 Å².